The molecule has 0 spiro atoms. The molecule has 0 saturated carbocycles. The summed E-state index contributed by atoms with van der Waals surface area (Å²) in [6.45, 7) is 6.41. The molecule has 1 aliphatic rings. The predicted molar refractivity (Wildman–Crippen MR) is 52.5 cm³/mol. The average Bonchev–Trinajstić information content (AvgIpc) is 2.29. The molecule has 0 atom stereocenters. The number of carbonyl (C=O) groups is 1. The maximum atomic E-state index is 11.4. The third-order valence-corrected chi connectivity index (χ3v) is 2.33. The minimum Gasteiger partial charge on any atom is -0.326 e. The van der Waals surface area contributed by atoms with Gasteiger partial charge >= 0.3 is 6.03 Å². The zero-order chi connectivity index (χ0) is 10.1. The van der Waals surface area contributed by atoms with Gasteiger partial charge in [-0.25, -0.2) is 4.79 Å². The van der Waals surface area contributed by atoms with Crippen molar-refractivity contribution in [1.82, 2.24) is 9.80 Å². The van der Waals surface area contributed by atoms with Gasteiger partial charge in [-0.05, 0) is 20.3 Å². The van der Waals surface area contributed by atoms with Crippen LogP contribution in [0.15, 0.2) is 0 Å². The molecule has 1 rings (SSSR count). The highest BCUT2D eigenvalue weighted by Gasteiger charge is 2.25. The number of nitrogens with zero attached hydrogens (tertiary/aromatic N) is 2. The summed E-state index contributed by atoms with van der Waals surface area (Å²) < 4.78 is 0. The lowest BCUT2D eigenvalue weighted by atomic mass is 10.0. The maximum absolute atomic E-state index is 11.4. The fourth-order valence-corrected chi connectivity index (χ4v) is 1.33. The van der Waals surface area contributed by atoms with Crippen molar-refractivity contribution in [2.45, 2.75) is 25.8 Å². The highest BCUT2D eigenvalue weighted by molar-refractivity contribution is 5.76. The van der Waals surface area contributed by atoms with Crippen LogP contribution in [0.25, 0.3) is 0 Å². The zero-order valence-electron chi connectivity index (χ0n) is 8.71. The molecule has 76 valence electrons. The topological polar surface area (TPSA) is 49.6 Å². The smallest absolute Gasteiger partial charge is 0.319 e. The van der Waals surface area contributed by atoms with Gasteiger partial charge in [0.05, 0.1) is 0 Å². The summed E-state index contributed by atoms with van der Waals surface area (Å²) in [4.78, 5) is 15.0. The second-order valence-corrected chi connectivity index (χ2v) is 4.43. The van der Waals surface area contributed by atoms with Gasteiger partial charge in [-0.2, -0.15) is 0 Å². The molecule has 1 fully saturated rings. The number of rotatable bonds is 3. The molecule has 4 nitrogen and oxygen atoms in total. The Morgan fingerprint density at radius 2 is 2.08 bits per heavy atom. The van der Waals surface area contributed by atoms with Gasteiger partial charge < -0.3 is 15.5 Å². The molecule has 1 heterocycles. The van der Waals surface area contributed by atoms with E-state index in [-0.39, 0.29) is 11.6 Å². The lowest BCUT2D eigenvalue weighted by Crippen LogP contribution is -2.38. The van der Waals surface area contributed by atoms with Gasteiger partial charge in [0.15, 0.2) is 0 Å². The Kier molecular flexibility index (Phi) is 2.81. The van der Waals surface area contributed by atoms with E-state index in [4.69, 9.17) is 5.73 Å². The van der Waals surface area contributed by atoms with E-state index < -0.39 is 0 Å². The minimum atomic E-state index is -0.179. The lowest BCUT2D eigenvalue weighted by Gasteiger charge is -2.22. The standard InChI is InChI=1S/C9H19N3O/c1-9(2,10)4-5-12-7-6-11(3)8(12)13/h4-7,10H2,1-3H3. The molecule has 0 radical (unpaired) electrons. The van der Waals surface area contributed by atoms with Gasteiger partial charge in [0.1, 0.15) is 0 Å². The van der Waals surface area contributed by atoms with E-state index in [1.54, 1.807) is 4.90 Å². The van der Waals surface area contributed by atoms with Gasteiger partial charge in [0, 0.05) is 32.2 Å². The Morgan fingerprint density at radius 3 is 2.46 bits per heavy atom. The Bertz CT molecular complexity index is 198. The summed E-state index contributed by atoms with van der Waals surface area (Å²) in [5.74, 6) is 0. The Morgan fingerprint density at radius 1 is 1.46 bits per heavy atom. The van der Waals surface area contributed by atoms with Crippen LogP contribution in [0.4, 0.5) is 4.79 Å². The van der Waals surface area contributed by atoms with Crippen molar-refractivity contribution in [3.8, 4) is 0 Å². The van der Waals surface area contributed by atoms with Crippen molar-refractivity contribution < 1.29 is 4.79 Å². The summed E-state index contributed by atoms with van der Waals surface area (Å²) >= 11 is 0. The molecule has 0 bridgehead atoms. The number of nitrogens with two attached hydrogens (primary N) is 1. The highest BCUT2D eigenvalue weighted by atomic mass is 16.2. The molecule has 1 aliphatic heterocycles. The van der Waals surface area contributed by atoms with Crippen LogP contribution < -0.4 is 5.73 Å². The van der Waals surface area contributed by atoms with Crippen LogP contribution in [0.5, 0.6) is 0 Å². The van der Waals surface area contributed by atoms with E-state index in [2.05, 4.69) is 0 Å². The molecule has 0 aliphatic carbocycles. The summed E-state index contributed by atoms with van der Waals surface area (Å²) in [6.07, 6.45) is 0.854. The van der Waals surface area contributed by atoms with Crippen molar-refractivity contribution in [2.75, 3.05) is 26.7 Å². The molecule has 0 unspecified atom stereocenters. The van der Waals surface area contributed by atoms with Crippen LogP contribution in [-0.4, -0.2) is 48.1 Å². The molecular weight excluding hydrogens is 166 g/mol. The number of hydrogen-bond acceptors (Lipinski definition) is 2. The van der Waals surface area contributed by atoms with Gasteiger partial charge in [0.2, 0.25) is 0 Å². The van der Waals surface area contributed by atoms with Crippen LogP contribution in [0.3, 0.4) is 0 Å². The molecule has 0 aromatic rings. The number of likely N-dealkylation sites (N-methyl/N-ethyl adjacent to an activating group) is 1. The lowest BCUT2D eigenvalue weighted by molar-refractivity contribution is 0.195. The van der Waals surface area contributed by atoms with Crippen LogP contribution >= 0.6 is 0 Å². The second-order valence-electron chi connectivity index (χ2n) is 4.43. The van der Waals surface area contributed by atoms with Crippen molar-refractivity contribution in [2.24, 2.45) is 5.73 Å². The highest BCUT2D eigenvalue weighted by Crippen LogP contribution is 2.10. The first kappa shape index (κ1) is 10.3. The second kappa shape index (κ2) is 3.54. The van der Waals surface area contributed by atoms with Crippen LogP contribution in [-0.2, 0) is 0 Å². The maximum Gasteiger partial charge on any atom is 0.319 e. The quantitative estimate of drug-likeness (QED) is 0.695. The molecule has 2 amide bonds. The van der Waals surface area contributed by atoms with E-state index >= 15 is 0 Å². The number of urea groups is 1. The van der Waals surface area contributed by atoms with Gasteiger partial charge in [0.25, 0.3) is 0 Å². The van der Waals surface area contributed by atoms with Crippen molar-refractivity contribution >= 4 is 6.03 Å². The first-order valence-electron chi connectivity index (χ1n) is 4.69. The van der Waals surface area contributed by atoms with Crippen molar-refractivity contribution in [1.29, 1.82) is 0 Å². The average molecular weight is 185 g/mol. The van der Waals surface area contributed by atoms with E-state index in [1.165, 1.54) is 0 Å². The Labute approximate surface area is 79.7 Å². The van der Waals surface area contributed by atoms with Crippen molar-refractivity contribution in [3.05, 3.63) is 0 Å². The first-order valence-corrected chi connectivity index (χ1v) is 4.69. The largest absolute Gasteiger partial charge is 0.326 e. The minimum absolute atomic E-state index is 0.129. The van der Waals surface area contributed by atoms with E-state index in [9.17, 15) is 4.79 Å². The molecule has 2 N–H and O–H groups in total. The Hall–Kier alpha value is -0.770. The third kappa shape index (κ3) is 2.88. The van der Waals surface area contributed by atoms with Crippen LogP contribution in [0.1, 0.15) is 20.3 Å². The molecular formula is C9H19N3O. The molecule has 13 heavy (non-hydrogen) atoms. The first-order chi connectivity index (χ1) is 5.90. The van der Waals surface area contributed by atoms with E-state index in [1.807, 2.05) is 25.8 Å². The fraction of sp³-hybridized carbons (Fsp3) is 0.889. The number of hydrogen-bond donors (Lipinski definition) is 1. The Balaban J connectivity index is 2.35. The summed E-state index contributed by atoms with van der Waals surface area (Å²) in [6, 6.07) is 0.129. The zero-order valence-corrected chi connectivity index (χ0v) is 8.71. The third-order valence-electron chi connectivity index (χ3n) is 2.33. The number of carbonyl (C=O) groups excluding carboxylic acids is 1. The summed E-state index contributed by atoms with van der Waals surface area (Å²) in [5.41, 5.74) is 5.66. The monoisotopic (exact) mass is 185 g/mol. The molecule has 1 saturated heterocycles. The van der Waals surface area contributed by atoms with Gasteiger partial charge in [-0.15, -0.1) is 0 Å². The summed E-state index contributed by atoms with van der Waals surface area (Å²) in [5, 5.41) is 0. The molecule has 4 heteroatoms. The molecule has 0 aromatic carbocycles. The predicted octanol–water partition coefficient (Wildman–Crippen LogP) is 0.481. The summed E-state index contributed by atoms with van der Waals surface area (Å²) in [7, 11) is 1.83. The van der Waals surface area contributed by atoms with Gasteiger partial charge in [-0.3, -0.25) is 0 Å². The van der Waals surface area contributed by atoms with Crippen molar-refractivity contribution in [3.63, 3.8) is 0 Å². The normalized spacial score (nSPS) is 18.6. The SMILES string of the molecule is CN1CCN(CCC(C)(C)N)C1=O. The van der Waals surface area contributed by atoms with E-state index in [0.29, 0.717) is 0 Å². The number of amides is 2. The van der Waals surface area contributed by atoms with Crippen LogP contribution in [0, 0.1) is 0 Å². The van der Waals surface area contributed by atoms with E-state index in [0.717, 1.165) is 26.1 Å². The van der Waals surface area contributed by atoms with Crippen LogP contribution in [0.2, 0.25) is 0 Å². The fourth-order valence-electron chi connectivity index (χ4n) is 1.33. The molecule has 0 aromatic heterocycles. The van der Waals surface area contributed by atoms with Gasteiger partial charge in [-0.1, -0.05) is 0 Å².